The van der Waals surface area contributed by atoms with Crippen molar-refractivity contribution < 1.29 is 19.4 Å². The smallest absolute Gasteiger partial charge is 0.307 e. The van der Waals surface area contributed by atoms with Gasteiger partial charge >= 0.3 is 5.97 Å². The van der Waals surface area contributed by atoms with Crippen molar-refractivity contribution in [2.45, 2.75) is 91.6 Å². The van der Waals surface area contributed by atoms with E-state index < -0.39 is 0 Å². The second-order valence-electron chi connectivity index (χ2n) is 10.7. The third kappa shape index (κ3) is 4.32. The van der Waals surface area contributed by atoms with Crippen LogP contribution in [0.2, 0.25) is 0 Å². The fraction of sp³-hybridized carbons (Fsp3) is 0.840. The van der Waals surface area contributed by atoms with E-state index >= 15 is 0 Å². The molecule has 0 bridgehead atoms. The van der Waals surface area contributed by atoms with Crippen molar-refractivity contribution in [1.29, 1.82) is 0 Å². The third-order valence-corrected chi connectivity index (χ3v) is 8.94. The molecule has 3 rings (SSSR count). The Bertz CT molecular complexity index is 697. The molecule has 0 spiro atoms. The molecule has 2 saturated carbocycles. The predicted octanol–water partition coefficient (Wildman–Crippen LogP) is 4.39. The Morgan fingerprint density at radius 1 is 1.13 bits per heavy atom. The zero-order valence-electron chi connectivity index (χ0n) is 19.6. The first-order chi connectivity index (χ1) is 14.1. The fourth-order valence-corrected chi connectivity index (χ4v) is 7.17. The van der Waals surface area contributed by atoms with Gasteiger partial charge < -0.3 is 15.2 Å². The van der Waals surface area contributed by atoms with E-state index in [1.807, 2.05) is 0 Å². The van der Waals surface area contributed by atoms with Crippen LogP contribution in [-0.2, 0) is 14.3 Å². The summed E-state index contributed by atoms with van der Waals surface area (Å²) >= 11 is 0. The van der Waals surface area contributed by atoms with E-state index in [9.17, 15) is 14.7 Å². The van der Waals surface area contributed by atoms with Crippen LogP contribution in [0, 0.1) is 28.6 Å². The minimum absolute atomic E-state index is 0.0168. The number of aliphatic hydroxyl groups excluding tert-OH is 1. The molecule has 0 aliphatic heterocycles. The van der Waals surface area contributed by atoms with Gasteiger partial charge in [0.2, 0.25) is 5.91 Å². The number of carbonyl (C=O) groups excluding carboxylic acids is 2. The fourth-order valence-electron chi connectivity index (χ4n) is 7.17. The largest absolute Gasteiger partial charge is 0.469 e. The average Bonchev–Trinajstić information content (AvgIpc) is 2.70. The van der Waals surface area contributed by atoms with Crippen molar-refractivity contribution in [3.63, 3.8) is 0 Å². The number of hydrogen-bond donors (Lipinski definition) is 2. The van der Waals surface area contributed by atoms with Crippen LogP contribution in [0.3, 0.4) is 0 Å². The van der Waals surface area contributed by atoms with Gasteiger partial charge in [-0.15, -0.1) is 0 Å². The number of hydrogen-bond acceptors (Lipinski definition) is 4. The number of rotatable bonds is 6. The molecule has 2 fully saturated rings. The quantitative estimate of drug-likeness (QED) is 0.495. The van der Waals surface area contributed by atoms with E-state index in [2.05, 4.69) is 37.7 Å². The molecule has 170 valence electrons. The van der Waals surface area contributed by atoms with Crippen LogP contribution >= 0.6 is 0 Å². The number of aliphatic hydroxyl groups is 1. The van der Waals surface area contributed by atoms with Crippen molar-refractivity contribution >= 4 is 11.9 Å². The lowest BCUT2D eigenvalue weighted by Crippen LogP contribution is -2.56. The van der Waals surface area contributed by atoms with E-state index in [-0.39, 0.29) is 35.2 Å². The van der Waals surface area contributed by atoms with Crippen LogP contribution in [0.15, 0.2) is 11.1 Å². The van der Waals surface area contributed by atoms with Gasteiger partial charge in [-0.05, 0) is 80.5 Å². The lowest BCUT2D eigenvalue weighted by molar-refractivity contribution is -0.149. The Labute approximate surface area is 182 Å². The van der Waals surface area contributed by atoms with Crippen molar-refractivity contribution in [2.75, 3.05) is 13.7 Å². The summed E-state index contributed by atoms with van der Waals surface area (Å²) in [6.45, 7) is 9.61. The van der Waals surface area contributed by atoms with Gasteiger partial charge in [-0.2, -0.15) is 0 Å². The highest BCUT2D eigenvalue weighted by molar-refractivity contribution is 5.77. The van der Waals surface area contributed by atoms with Crippen LogP contribution in [0.25, 0.3) is 0 Å². The Morgan fingerprint density at radius 3 is 2.57 bits per heavy atom. The third-order valence-electron chi connectivity index (χ3n) is 8.94. The number of ether oxygens (including phenoxy) is 1. The normalized spacial score (nSPS) is 35.3. The highest BCUT2D eigenvalue weighted by Gasteiger charge is 2.58. The standard InChI is InChI=1S/C25H41NO4/c1-16-6-9-19-18(17(16)8-11-22(28)26-15-13-23(29)30-5)7-10-20-24(2,3)21(27)12-14-25(19,20)4/h18-21,27H,6-15H2,1-5H3,(H,26,28)/t18?,19-,20?,21?,25+/m0/s1. The number of fused-ring (bicyclic) bond motifs is 3. The number of allylic oxidation sites excluding steroid dienone is 2. The molecule has 3 aliphatic carbocycles. The zero-order chi connectivity index (χ0) is 22.1. The Morgan fingerprint density at radius 2 is 1.87 bits per heavy atom. The van der Waals surface area contributed by atoms with Crippen LogP contribution < -0.4 is 5.32 Å². The Balaban J connectivity index is 1.66. The molecular weight excluding hydrogens is 378 g/mol. The zero-order valence-corrected chi connectivity index (χ0v) is 19.6. The molecule has 5 nitrogen and oxygen atoms in total. The maximum absolute atomic E-state index is 12.3. The van der Waals surface area contributed by atoms with Gasteiger partial charge in [0.25, 0.3) is 0 Å². The maximum Gasteiger partial charge on any atom is 0.307 e. The molecule has 0 radical (unpaired) electrons. The molecule has 3 aliphatic rings. The first-order valence-electron chi connectivity index (χ1n) is 11.8. The molecule has 3 unspecified atom stereocenters. The van der Waals surface area contributed by atoms with Gasteiger partial charge in [-0.1, -0.05) is 31.9 Å². The Hall–Kier alpha value is -1.36. The van der Waals surface area contributed by atoms with E-state index in [1.54, 1.807) is 0 Å². The number of methoxy groups -OCH3 is 1. The van der Waals surface area contributed by atoms with Crippen molar-refractivity contribution in [2.24, 2.45) is 28.6 Å². The van der Waals surface area contributed by atoms with Crippen LogP contribution in [0.1, 0.15) is 85.5 Å². The molecule has 5 heteroatoms. The summed E-state index contributed by atoms with van der Waals surface area (Å²) in [5, 5.41) is 13.5. The number of esters is 1. The maximum atomic E-state index is 12.3. The van der Waals surface area contributed by atoms with Gasteiger partial charge in [0.05, 0.1) is 19.6 Å². The topological polar surface area (TPSA) is 75.6 Å². The molecule has 0 heterocycles. The lowest BCUT2D eigenvalue weighted by Gasteiger charge is -2.62. The number of nitrogens with one attached hydrogen (secondary N) is 1. The second kappa shape index (κ2) is 9.02. The lowest BCUT2D eigenvalue weighted by atomic mass is 9.43. The first-order valence-corrected chi connectivity index (χ1v) is 11.8. The summed E-state index contributed by atoms with van der Waals surface area (Å²) in [5.74, 6) is 1.52. The summed E-state index contributed by atoms with van der Waals surface area (Å²) in [4.78, 5) is 23.5. The molecule has 0 aromatic rings. The molecule has 0 aromatic carbocycles. The molecule has 0 aromatic heterocycles. The molecular formula is C25H41NO4. The van der Waals surface area contributed by atoms with Crippen LogP contribution in [-0.4, -0.2) is 36.7 Å². The second-order valence-corrected chi connectivity index (χ2v) is 10.7. The number of amides is 1. The van der Waals surface area contributed by atoms with Gasteiger partial charge in [0.1, 0.15) is 0 Å². The van der Waals surface area contributed by atoms with E-state index in [4.69, 9.17) is 0 Å². The number of carbonyl (C=O) groups is 2. The minimum atomic E-state index is -0.297. The van der Waals surface area contributed by atoms with Crippen molar-refractivity contribution in [1.82, 2.24) is 5.32 Å². The van der Waals surface area contributed by atoms with Gasteiger partial charge in [-0.3, -0.25) is 9.59 Å². The predicted molar refractivity (Wildman–Crippen MR) is 118 cm³/mol. The van der Waals surface area contributed by atoms with E-state index in [0.717, 1.165) is 25.7 Å². The highest BCUT2D eigenvalue weighted by Crippen LogP contribution is 2.64. The summed E-state index contributed by atoms with van der Waals surface area (Å²) in [7, 11) is 1.36. The van der Waals surface area contributed by atoms with E-state index in [0.29, 0.717) is 30.7 Å². The summed E-state index contributed by atoms with van der Waals surface area (Å²) in [6, 6.07) is 0. The summed E-state index contributed by atoms with van der Waals surface area (Å²) in [5.41, 5.74) is 3.25. The van der Waals surface area contributed by atoms with Gasteiger partial charge in [0.15, 0.2) is 0 Å². The SMILES string of the molecule is COC(=O)CCNC(=O)CCC1=C(C)CC[C@H]2C1CCC1C(C)(C)C(O)CC[C@@]12C. The van der Waals surface area contributed by atoms with Crippen molar-refractivity contribution in [3.05, 3.63) is 11.1 Å². The molecule has 1 amide bonds. The van der Waals surface area contributed by atoms with Crippen molar-refractivity contribution in [3.8, 4) is 0 Å². The Kier molecular flexibility index (Phi) is 7.01. The van der Waals surface area contributed by atoms with Gasteiger partial charge in [0, 0.05) is 13.0 Å². The monoisotopic (exact) mass is 419 g/mol. The first kappa shape index (κ1) is 23.3. The molecule has 30 heavy (non-hydrogen) atoms. The summed E-state index contributed by atoms with van der Waals surface area (Å²) in [6.07, 6.45) is 8.08. The van der Waals surface area contributed by atoms with Crippen LogP contribution in [0.5, 0.6) is 0 Å². The minimum Gasteiger partial charge on any atom is -0.469 e. The molecule has 5 atom stereocenters. The summed E-state index contributed by atoms with van der Waals surface area (Å²) < 4.78 is 4.62. The molecule has 2 N–H and O–H groups in total. The van der Waals surface area contributed by atoms with Gasteiger partial charge in [-0.25, -0.2) is 0 Å². The average molecular weight is 420 g/mol. The highest BCUT2D eigenvalue weighted by atomic mass is 16.5. The van der Waals surface area contributed by atoms with Crippen LogP contribution in [0.4, 0.5) is 0 Å². The van der Waals surface area contributed by atoms with E-state index in [1.165, 1.54) is 37.5 Å². The molecule has 0 saturated heterocycles.